The van der Waals surface area contributed by atoms with Crippen molar-refractivity contribution >= 4 is 11.8 Å². The molecule has 2 aromatic heterocycles. The summed E-state index contributed by atoms with van der Waals surface area (Å²) in [5.41, 5.74) is 9.16. The molecule has 0 fully saturated rings. The number of rotatable bonds is 0. The number of hydrogen-bond donors (Lipinski definition) is 1. The standard InChI is InChI=1S/C18H19N5O/c1-22(2)18(24)23-9-8-16-14(12-23)10-13(11-20-16)6-7-15-4-3-5-17(19)21-15/h3-5,10-11H,8-9,12H2,1-2H3,(H2,19,21). The van der Waals surface area contributed by atoms with Crippen LogP contribution in [0, 0.1) is 11.8 Å². The van der Waals surface area contributed by atoms with Gasteiger partial charge in [0.15, 0.2) is 0 Å². The lowest BCUT2D eigenvalue weighted by molar-refractivity contribution is 0.165. The first-order valence-electron chi connectivity index (χ1n) is 7.71. The number of hydrogen-bond acceptors (Lipinski definition) is 4. The van der Waals surface area contributed by atoms with E-state index >= 15 is 0 Å². The van der Waals surface area contributed by atoms with Crippen LogP contribution in [0.15, 0.2) is 30.5 Å². The molecule has 6 nitrogen and oxygen atoms in total. The van der Waals surface area contributed by atoms with Crippen molar-refractivity contribution in [2.45, 2.75) is 13.0 Å². The summed E-state index contributed by atoms with van der Waals surface area (Å²) in [5, 5.41) is 0. The van der Waals surface area contributed by atoms with Crippen molar-refractivity contribution in [3.05, 3.63) is 53.0 Å². The van der Waals surface area contributed by atoms with Crippen LogP contribution in [0.25, 0.3) is 0 Å². The van der Waals surface area contributed by atoms with Crippen LogP contribution < -0.4 is 5.73 Å². The smallest absolute Gasteiger partial charge is 0.319 e. The van der Waals surface area contributed by atoms with E-state index in [1.807, 2.05) is 23.1 Å². The van der Waals surface area contributed by atoms with Crippen LogP contribution >= 0.6 is 0 Å². The third-order valence-corrected chi connectivity index (χ3v) is 3.80. The van der Waals surface area contributed by atoms with E-state index in [-0.39, 0.29) is 6.03 Å². The lowest BCUT2D eigenvalue weighted by Crippen LogP contribution is -2.42. The van der Waals surface area contributed by atoms with Crippen molar-refractivity contribution in [1.29, 1.82) is 0 Å². The van der Waals surface area contributed by atoms with E-state index in [1.54, 1.807) is 31.3 Å². The lowest BCUT2D eigenvalue weighted by atomic mass is 10.0. The summed E-state index contributed by atoms with van der Waals surface area (Å²) in [4.78, 5) is 24.2. The number of urea groups is 1. The second kappa shape index (κ2) is 6.59. The minimum atomic E-state index is 0.0149. The van der Waals surface area contributed by atoms with Crippen LogP contribution in [-0.4, -0.2) is 46.4 Å². The number of aromatic nitrogens is 2. The molecule has 0 atom stereocenters. The van der Waals surface area contributed by atoms with Crippen LogP contribution in [0.5, 0.6) is 0 Å². The van der Waals surface area contributed by atoms with Gasteiger partial charge in [0.05, 0.1) is 0 Å². The predicted molar refractivity (Wildman–Crippen MR) is 92.1 cm³/mol. The zero-order valence-corrected chi connectivity index (χ0v) is 13.8. The van der Waals surface area contributed by atoms with Gasteiger partial charge in [-0.3, -0.25) is 4.98 Å². The Morgan fingerprint density at radius 3 is 2.92 bits per heavy atom. The Labute approximate surface area is 141 Å². The molecule has 0 aliphatic carbocycles. The summed E-state index contributed by atoms with van der Waals surface area (Å²) in [7, 11) is 3.52. The molecule has 0 saturated carbocycles. The average molecular weight is 321 g/mol. The fraction of sp³-hybridized carbons (Fsp3) is 0.278. The molecule has 3 rings (SSSR count). The van der Waals surface area contributed by atoms with Crippen molar-refractivity contribution in [1.82, 2.24) is 19.8 Å². The highest BCUT2D eigenvalue weighted by Crippen LogP contribution is 2.18. The van der Waals surface area contributed by atoms with Gasteiger partial charge in [-0.2, -0.15) is 0 Å². The Bertz CT molecular complexity index is 835. The van der Waals surface area contributed by atoms with E-state index in [0.29, 0.717) is 24.6 Å². The monoisotopic (exact) mass is 321 g/mol. The molecule has 1 aliphatic heterocycles. The molecule has 0 aromatic carbocycles. The third-order valence-electron chi connectivity index (χ3n) is 3.80. The fourth-order valence-electron chi connectivity index (χ4n) is 2.60. The quantitative estimate of drug-likeness (QED) is 0.746. The first-order valence-corrected chi connectivity index (χ1v) is 7.71. The van der Waals surface area contributed by atoms with Crippen LogP contribution in [0.2, 0.25) is 0 Å². The maximum atomic E-state index is 12.1. The molecule has 122 valence electrons. The number of nitrogen functional groups attached to an aromatic ring is 1. The number of nitrogens with zero attached hydrogens (tertiary/aromatic N) is 4. The Balaban J connectivity index is 1.82. The largest absolute Gasteiger partial charge is 0.384 e. The molecular formula is C18H19N5O. The summed E-state index contributed by atoms with van der Waals surface area (Å²) < 4.78 is 0. The zero-order valence-electron chi connectivity index (χ0n) is 13.8. The first-order chi connectivity index (χ1) is 11.5. The van der Waals surface area contributed by atoms with Gasteiger partial charge in [0.1, 0.15) is 11.5 Å². The summed E-state index contributed by atoms with van der Waals surface area (Å²) in [6, 6.07) is 7.37. The van der Waals surface area contributed by atoms with Crippen LogP contribution in [-0.2, 0) is 13.0 Å². The van der Waals surface area contributed by atoms with Gasteiger partial charge in [-0.15, -0.1) is 0 Å². The topological polar surface area (TPSA) is 75.4 Å². The van der Waals surface area contributed by atoms with Gasteiger partial charge in [0, 0.05) is 51.1 Å². The minimum Gasteiger partial charge on any atom is -0.384 e. The predicted octanol–water partition coefficient (Wildman–Crippen LogP) is 1.50. The second-order valence-corrected chi connectivity index (χ2v) is 5.88. The first kappa shape index (κ1) is 15.8. The molecule has 1 aliphatic rings. The van der Waals surface area contributed by atoms with Crippen molar-refractivity contribution in [3.8, 4) is 11.8 Å². The van der Waals surface area contributed by atoms with Crippen molar-refractivity contribution < 1.29 is 4.79 Å². The SMILES string of the molecule is CN(C)C(=O)N1CCc2ncc(C#Cc3cccc(N)n3)cc2C1. The molecule has 0 spiro atoms. The molecule has 0 saturated heterocycles. The summed E-state index contributed by atoms with van der Waals surface area (Å²) in [6.07, 6.45) is 2.53. The van der Waals surface area contributed by atoms with Gasteiger partial charge >= 0.3 is 6.03 Å². The van der Waals surface area contributed by atoms with Crippen molar-refractivity contribution in [3.63, 3.8) is 0 Å². The molecule has 0 radical (unpaired) electrons. The van der Waals surface area contributed by atoms with Gasteiger partial charge in [-0.25, -0.2) is 9.78 Å². The summed E-state index contributed by atoms with van der Waals surface area (Å²) in [6.45, 7) is 1.25. The van der Waals surface area contributed by atoms with E-state index in [4.69, 9.17) is 5.73 Å². The molecule has 24 heavy (non-hydrogen) atoms. The van der Waals surface area contributed by atoms with Crippen LogP contribution in [0.1, 0.15) is 22.5 Å². The normalized spacial score (nSPS) is 12.8. The highest BCUT2D eigenvalue weighted by Gasteiger charge is 2.22. The van der Waals surface area contributed by atoms with Crippen LogP contribution in [0.4, 0.5) is 10.6 Å². The number of pyridine rings is 2. The Morgan fingerprint density at radius 1 is 1.33 bits per heavy atom. The van der Waals surface area contributed by atoms with E-state index < -0.39 is 0 Å². The zero-order chi connectivity index (χ0) is 17.1. The highest BCUT2D eigenvalue weighted by molar-refractivity contribution is 5.74. The van der Waals surface area contributed by atoms with E-state index in [0.717, 1.165) is 23.2 Å². The second-order valence-electron chi connectivity index (χ2n) is 5.88. The molecular weight excluding hydrogens is 302 g/mol. The summed E-state index contributed by atoms with van der Waals surface area (Å²) in [5.74, 6) is 6.50. The number of carbonyl (C=O) groups excluding carboxylic acids is 1. The molecule has 0 unspecified atom stereocenters. The van der Waals surface area contributed by atoms with Crippen LogP contribution in [0.3, 0.4) is 0 Å². The number of amides is 2. The molecule has 2 N–H and O–H groups in total. The van der Waals surface area contributed by atoms with Gasteiger partial charge in [-0.05, 0) is 29.7 Å². The summed E-state index contributed by atoms with van der Waals surface area (Å²) >= 11 is 0. The Kier molecular flexibility index (Phi) is 4.34. The maximum Gasteiger partial charge on any atom is 0.319 e. The fourth-order valence-corrected chi connectivity index (χ4v) is 2.60. The van der Waals surface area contributed by atoms with Crippen molar-refractivity contribution in [2.75, 3.05) is 26.4 Å². The van der Waals surface area contributed by atoms with E-state index in [1.165, 1.54) is 0 Å². The third kappa shape index (κ3) is 3.46. The number of nitrogens with two attached hydrogens (primary N) is 1. The van der Waals surface area contributed by atoms with Gasteiger partial charge in [-0.1, -0.05) is 12.0 Å². The minimum absolute atomic E-state index is 0.0149. The Morgan fingerprint density at radius 2 is 2.17 bits per heavy atom. The van der Waals surface area contributed by atoms with E-state index in [9.17, 15) is 4.79 Å². The number of anilines is 1. The molecule has 6 heteroatoms. The highest BCUT2D eigenvalue weighted by atomic mass is 16.2. The average Bonchev–Trinajstić information content (AvgIpc) is 2.58. The molecule has 2 aromatic rings. The lowest BCUT2D eigenvalue weighted by Gasteiger charge is -2.30. The van der Waals surface area contributed by atoms with Gasteiger partial charge in [0.25, 0.3) is 0 Å². The number of carbonyl (C=O) groups is 1. The molecule has 2 amide bonds. The molecule has 3 heterocycles. The Hall–Kier alpha value is -3.07. The van der Waals surface area contributed by atoms with Gasteiger partial charge in [0.2, 0.25) is 0 Å². The maximum absolute atomic E-state index is 12.1. The van der Waals surface area contributed by atoms with Gasteiger partial charge < -0.3 is 15.5 Å². The van der Waals surface area contributed by atoms with Crippen molar-refractivity contribution in [2.24, 2.45) is 0 Å². The van der Waals surface area contributed by atoms with E-state index in [2.05, 4.69) is 21.8 Å². The number of fused-ring (bicyclic) bond motifs is 1. The molecule has 0 bridgehead atoms.